The molecule has 88 valence electrons. The third-order valence-electron chi connectivity index (χ3n) is 2.40. The van der Waals surface area contributed by atoms with E-state index in [1.807, 2.05) is 30.3 Å². The van der Waals surface area contributed by atoms with E-state index in [1.165, 1.54) is 0 Å². The second kappa shape index (κ2) is 5.66. The average Bonchev–Trinajstić information content (AvgIpc) is 2.30. The maximum atomic E-state index is 11.2. The lowest BCUT2D eigenvalue weighted by molar-refractivity contribution is -0.161. The van der Waals surface area contributed by atoms with Gasteiger partial charge in [0.25, 0.3) is 0 Å². The Morgan fingerprint density at radius 3 is 2.50 bits per heavy atom. The second-order valence-electron chi connectivity index (χ2n) is 4.10. The number of hydrogen-bond donors (Lipinski definition) is 1. The van der Waals surface area contributed by atoms with Crippen LogP contribution in [0.25, 0.3) is 0 Å². The summed E-state index contributed by atoms with van der Waals surface area (Å²) in [5.74, 6) is -0.285. The van der Waals surface area contributed by atoms with Gasteiger partial charge in [-0.25, -0.2) is 0 Å². The summed E-state index contributed by atoms with van der Waals surface area (Å²) in [6.07, 6.45) is 0.848. The smallest absolute Gasteiger partial charge is 0.306 e. The lowest BCUT2D eigenvalue weighted by Crippen LogP contribution is -2.37. The van der Waals surface area contributed by atoms with Crippen LogP contribution in [0.2, 0.25) is 0 Å². The molecule has 0 aliphatic rings. The zero-order valence-corrected chi connectivity index (χ0v) is 9.77. The summed E-state index contributed by atoms with van der Waals surface area (Å²) in [6.45, 7) is 3.31. The Morgan fingerprint density at radius 1 is 1.38 bits per heavy atom. The predicted octanol–water partition coefficient (Wildman–Crippen LogP) is 1.93. The highest BCUT2D eigenvalue weighted by atomic mass is 16.6. The Kier molecular flexibility index (Phi) is 4.50. The molecule has 0 aliphatic heterocycles. The van der Waals surface area contributed by atoms with Crippen molar-refractivity contribution >= 4 is 5.97 Å². The number of rotatable bonds is 5. The van der Waals surface area contributed by atoms with Gasteiger partial charge >= 0.3 is 5.97 Å². The van der Waals surface area contributed by atoms with Crippen molar-refractivity contribution in [1.82, 2.24) is 0 Å². The lowest BCUT2D eigenvalue weighted by atomic mass is 9.97. The van der Waals surface area contributed by atoms with Crippen molar-refractivity contribution in [3.8, 4) is 0 Å². The highest BCUT2D eigenvalue weighted by Gasteiger charge is 2.27. The first-order valence-electron chi connectivity index (χ1n) is 5.46. The molecule has 1 atom stereocenters. The van der Waals surface area contributed by atoms with E-state index in [4.69, 9.17) is 4.74 Å². The van der Waals surface area contributed by atoms with Gasteiger partial charge in [-0.2, -0.15) is 0 Å². The van der Waals surface area contributed by atoms with Crippen molar-refractivity contribution in [2.24, 2.45) is 0 Å². The summed E-state index contributed by atoms with van der Waals surface area (Å²) in [7, 11) is 0. The Morgan fingerprint density at radius 2 is 2.00 bits per heavy atom. The first-order valence-corrected chi connectivity index (χ1v) is 5.46. The van der Waals surface area contributed by atoms with E-state index < -0.39 is 5.60 Å². The number of hydrogen-bond acceptors (Lipinski definition) is 3. The van der Waals surface area contributed by atoms with Gasteiger partial charge in [0.05, 0.1) is 6.61 Å². The van der Waals surface area contributed by atoms with Crippen molar-refractivity contribution in [2.45, 2.75) is 32.3 Å². The third kappa shape index (κ3) is 3.66. The summed E-state index contributed by atoms with van der Waals surface area (Å²) < 4.78 is 5.25. The normalized spacial score (nSPS) is 14.2. The zero-order chi connectivity index (χ0) is 12.0. The molecule has 0 heterocycles. The van der Waals surface area contributed by atoms with Gasteiger partial charge in [-0.05, 0) is 12.5 Å². The molecule has 1 aromatic carbocycles. The van der Waals surface area contributed by atoms with Crippen LogP contribution in [0.3, 0.4) is 0 Å². The number of ether oxygens (including phenoxy) is 1. The van der Waals surface area contributed by atoms with Gasteiger partial charge < -0.3 is 9.84 Å². The topological polar surface area (TPSA) is 46.5 Å². The fourth-order valence-electron chi connectivity index (χ4n) is 1.50. The minimum Gasteiger partial charge on any atom is -0.457 e. The molecule has 0 fully saturated rings. The van der Waals surface area contributed by atoms with Gasteiger partial charge in [-0.1, -0.05) is 37.3 Å². The van der Waals surface area contributed by atoms with Crippen molar-refractivity contribution in [3.05, 3.63) is 35.9 Å². The molecule has 0 radical (unpaired) electrons. The number of aliphatic hydroxyl groups excluding tert-OH is 1. The van der Waals surface area contributed by atoms with Crippen molar-refractivity contribution in [1.29, 1.82) is 0 Å². The first kappa shape index (κ1) is 12.7. The molecule has 0 saturated carbocycles. The molecule has 0 bridgehead atoms. The van der Waals surface area contributed by atoms with E-state index in [-0.39, 0.29) is 12.6 Å². The van der Waals surface area contributed by atoms with Crippen LogP contribution in [0, 0.1) is 0 Å². The molecule has 3 nitrogen and oxygen atoms in total. The van der Waals surface area contributed by atoms with Crippen LogP contribution in [-0.4, -0.2) is 23.3 Å². The summed E-state index contributed by atoms with van der Waals surface area (Å²) >= 11 is 0. The van der Waals surface area contributed by atoms with E-state index in [2.05, 4.69) is 0 Å². The molecule has 0 aromatic heterocycles. The van der Waals surface area contributed by atoms with Crippen LogP contribution in [0.15, 0.2) is 30.3 Å². The molecule has 16 heavy (non-hydrogen) atoms. The van der Waals surface area contributed by atoms with E-state index in [0.717, 1.165) is 5.56 Å². The molecule has 1 rings (SSSR count). The minimum absolute atomic E-state index is 0.173. The molecule has 1 N–H and O–H groups in total. The molecular formula is C13H18O3. The number of carbonyl (C=O) groups is 1. The predicted molar refractivity (Wildman–Crippen MR) is 62.0 cm³/mol. The summed E-state index contributed by atoms with van der Waals surface area (Å²) in [5.41, 5.74) is 0.219. The summed E-state index contributed by atoms with van der Waals surface area (Å²) in [6, 6.07) is 9.68. The lowest BCUT2D eigenvalue weighted by Gasteiger charge is -2.27. The van der Waals surface area contributed by atoms with Crippen LogP contribution in [0.1, 0.15) is 25.8 Å². The van der Waals surface area contributed by atoms with Gasteiger partial charge in [-0.3, -0.25) is 4.79 Å². The van der Waals surface area contributed by atoms with Gasteiger partial charge in [0.2, 0.25) is 0 Å². The van der Waals surface area contributed by atoms with Crippen LogP contribution in [0.5, 0.6) is 0 Å². The standard InChI is InChI=1S/C13H18O3/c1-3-12(15)16-13(2,10-14)9-11-7-5-4-6-8-11/h4-8,14H,3,9-10H2,1-2H3. The Hall–Kier alpha value is -1.35. The number of benzene rings is 1. The maximum absolute atomic E-state index is 11.2. The highest BCUT2D eigenvalue weighted by Crippen LogP contribution is 2.17. The number of aliphatic hydroxyl groups is 1. The average molecular weight is 222 g/mol. The number of esters is 1. The summed E-state index contributed by atoms with van der Waals surface area (Å²) in [4.78, 5) is 11.2. The number of carbonyl (C=O) groups excluding carboxylic acids is 1. The van der Waals surface area contributed by atoms with Crippen LogP contribution in [0.4, 0.5) is 0 Å². The first-order chi connectivity index (χ1) is 7.59. The molecule has 0 saturated heterocycles. The SMILES string of the molecule is CCC(=O)OC(C)(CO)Cc1ccccc1. The Bertz CT molecular complexity index is 334. The van der Waals surface area contributed by atoms with Crippen molar-refractivity contribution in [3.63, 3.8) is 0 Å². The van der Waals surface area contributed by atoms with Crippen molar-refractivity contribution in [2.75, 3.05) is 6.61 Å². The van der Waals surface area contributed by atoms with E-state index in [1.54, 1.807) is 13.8 Å². The molecule has 0 aliphatic carbocycles. The van der Waals surface area contributed by atoms with E-state index in [9.17, 15) is 9.90 Å². The molecule has 1 unspecified atom stereocenters. The van der Waals surface area contributed by atoms with Crippen LogP contribution in [-0.2, 0) is 16.0 Å². The van der Waals surface area contributed by atoms with Crippen LogP contribution < -0.4 is 0 Å². The van der Waals surface area contributed by atoms with Crippen molar-refractivity contribution < 1.29 is 14.6 Å². The summed E-state index contributed by atoms with van der Waals surface area (Å²) in [5, 5.41) is 9.31. The molecular weight excluding hydrogens is 204 g/mol. The monoisotopic (exact) mass is 222 g/mol. The van der Waals surface area contributed by atoms with Gasteiger partial charge in [-0.15, -0.1) is 0 Å². The second-order valence-corrected chi connectivity index (χ2v) is 4.10. The van der Waals surface area contributed by atoms with E-state index in [0.29, 0.717) is 12.8 Å². The van der Waals surface area contributed by atoms with Gasteiger partial charge in [0, 0.05) is 12.8 Å². The van der Waals surface area contributed by atoms with Crippen LogP contribution >= 0.6 is 0 Å². The molecule has 1 aromatic rings. The maximum Gasteiger partial charge on any atom is 0.306 e. The highest BCUT2D eigenvalue weighted by molar-refractivity contribution is 5.69. The van der Waals surface area contributed by atoms with Gasteiger partial charge in [0.1, 0.15) is 5.60 Å². The largest absolute Gasteiger partial charge is 0.457 e. The molecule has 0 amide bonds. The Labute approximate surface area is 96.1 Å². The fraction of sp³-hybridized carbons (Fsp3) is 0.462. The fourth-order valence-corrected chi connectivity index (χ4v) is 1.50. The zero-order valence-electron chi connectivity index (χ0n) is 9.77. The van der Waals surface area contributed by atoms with E-state index >= 15 is 0 Å². The minimum atomic E-state index is -0.825. The third-order valence-corrected chi connectivity index (χ3v) is 2.40. The van der Waals surface area contributed by atoms with Gasteiger partial charge in [0.15, 0.2) is 0 Å². The molecule has 3 heteroatoms. The molecule has 0 spiro atoms. The Balaban J connectivity index is 2.70. The quantitative estimate of drug-likeness (QED) is 0.774.